The third kappa shape index (κ3) is 5.44. The van der Waals surface area contributed by atoms with Gasteiger partial charge in [0.25, 0.3) is 5.91 Å². The number of ether oxygens (including phenoxy) is 3. The highest BCUT2D eigenvalue weighted by Crippen LogP contribution is 2.39. The second-order valence-corrected chi connectivity index (χ2v) is 5.47. The standard InChI is InChI=1S/C20H25N3O4/c1-5-25-17-12-16(13-18(26-6-2)19(17)27-7-3)20(24)23-22-14(4)15-8-10-21-11-9-15/h8-13H,5-7H2,1-4H3,(H,23,24)/b22-14+. The van der Waals surface area contributed by atoms with Crippen LogP contribution in [0.15, 0.2) is 41.8 Å². The lowest BCUT2D eigenvalue weighted by Crippen LogP contribution is -2.20. The number of amides is 1. The number of carbonyl (C=O) groups is 1. The number of rotatable bonds is 9. The summed E-state index contributed by atoms with van der Waals surface area (Å²) < 4.78 is 16.9. The number of nitrogens with zero attached hydrogens (tertiary/aromatic N) is 2. The zero-order valence-corrected chi connectivity index (χ0v) is 16.1. The first-order chi connectivity index (χ1) is 13.1. The molecule has 144 valence electrons. The highest BCUT2D eigenvalue weighted by atomic mass is 16.5. The number of nitrogens with one attached hydrogen (secondary N) is 1. The van der Waals surface area contributed by atoms with Crippen molar-refractivity contribution >= 4 is 11.6 Å². The molecule has 0 radical (unpaired) electrons. The molecule has 7 nitrogen and oxygen atoms in total. The predicted octanol–water partition coefficient (Wildman–Crippen LogP) is 3.43. The van der Waals surface area contributed by atoms with Crippen LogP contribution in [-0.4, -0.2) is 36.4 Å². The molecule has 7 heteroatoms. The summed E-state index contributed by atoms with van der Waals surface area (Å²) in [6.07, 6.45) is 3.34. The van der Waals surface area contributed by atoms with Crippen LogP contribution >= 0.6 is 0 Å². The van der Waals surface area contributed by atoms with Crippen LogP contribution < -0.4 is 19.6 Å². The zero-order chi connectivity index (χ0) is 19.6. The maximum Gasteiger partial charge on any atom is 0.271 e. The molecular formula is C20H25N3O4. The summed E-state index contributed by atoms with van der Waals surface area (Å²) in [5.74, 6) is 1.05. The van der Waals surface area contributed by atoms with Gasteiger partial charge in [-0.3, -0.25) is 9.78 Å². The molecule has 0 atom stereocenters. The van der Waals surface area contributed by atoms with Crippen molar-refractivity contribution in [2.45, 2.75) is 27.7 Å². The van der Waals surface area contributed by atoms with Gasteiger partial charge in [-0.05, 0) is 52.0 Å². The zero-order valence-electron chi connectivity index (χ0n) is 16.1. The Morgan fingerprint density at radius 3 is 2.04 bits per heavy atom. The van der Waals surface area contributed by atoms with E-state index in [1.807, 2.05) is 39.8 Å². The van der Waals surface area contributed by atoms with Gasteiger partial charge in [0, 0.05) is 23.5 Å². The highest BCUT2D eigenvalue weighted by molar-refractivity contribution is 6.01. The first-order valence-corrected chi connectivity index (χ1v) is 8.92. The van der Waals surface area contributed by atoms with E-state index in [0.29, 0.717) is 48.3 Å². The largest absolute Gasteiger partial charge is 0.490 e. The Hall–Kier alpha value is -3.09. The number of pyridine rings is 1. The number of hydrogen-bond acceptors (Lipinski definition) is 6. The molecule has 0 aliphatic rings. The van der Waals surface area contributed by atoms with Crippen LogP contribution in [0, 0.1) is 0 Å². The Morgan fingerprint density at radius 1 is 0.963 bits per heavy atom. The summed E-state index contributed by atoms with van der Waals surface area (Å²) in [7, 11) is 0. The van der Waals surface area contributed by atoms with Crippen molar-refractivity contribution in [2.24, 2.45) is 5.10 Å². The van der Waals surface area contributed by atoms with Crippen molar-refractivity contribution in [3.8, 4) is 17.2 Å². The molecule has 1 amide bonds. The number of benzene rings is 1. The fourth-order valence-corrected chi connectivity index (χ4v) is 2.38. The molecule has 1 N–H and O–H groups in total. The fraction of sp³-hybridized carbons (Fsp3) is 0.350. The van der Waals surface area contributed by atoms with Gasteiger partial charge in [-0.25, -0.2) is 5.43 Å². The minimum Gasteiger partial charge on any atom is -0.490 e. The van der Waals surface area contributed by atoms with Crippen LogP contribution in [0.2, 0.25) is 0 Å². The summed E-state index contributed by atoms with van der Waals surface area (Å²) in [5.41, 5.74) is 4.49. The quantitative estimate of drug-likeness (QED) is 0.539. The van der Waals surface area contributed by atoms with Gasteiger partial charge >= 0.3 is 0 Å². The maximum atomic E-state index is 12.6. The fourth-order valence-electron chi connectivity index (χ4n) is 2.38. The molecule has 2 aromatic rings. The Morgan fingerprint density at radius 2 is 1.52 bits per heavy atom. The summed E-state index contributed by atoms with van der Waals surface area (Å²) in [6, 6.07) is 6.90. The lowest BCUT2D eigenvalue weighted by molar-refractivity contribution is 0.0953. The summed E-state index contributed by atoms with van der Waals surface area (Å²) in [6.45, 7) is 8.76. The predicted molar refractivity (Wildman–Crippen MR) is 104 cm³/mol. The molecule has 1 aromatic heterocycles. The topological polar surface area (TPSA) is 82.0 Å². The van der Waals surface area contributed by atoms with E-state index in [0.717, 1.165) is 5.56 Å². The van der Waals surface area contributed by atoms with Gasteiger partial charge < -0.3 is 14.2 Å². The van der Waals surface area contributed by atoms with Gasteiger partial charge in [0.05, 0.1) is 25.5 Å². The van der Waals surface area contributed by atoms with E-state index >= 15 is 0 Å². The highest BCUT2D eigenvalue weighted by Gasteiger charge is 2.18. The first-order valence-electron chi connectivity index (χ1n) is 8.92. The summed E-state index contributed by atoms with van der Waals surface area (Å²) in [5, 5.41) is 4.16. The van der Waals surface area contributed by atoms with E-state index in [-0.39, 0.29) is 5.91 Å². The lowest BCUT2D eigenvalue weighted by Gasteiger charge is -2.16. The molecule has 0 saturated heterocycles. The number of carbonyl (C=O) groups excluding carboxylic acids is 1. The molecule has 0 bridgehead atoms. The summed E-state index contributed by atoms with van der Waals surface area (Å²) in [4.78, 5) is 16.5. The van der Waals surface area contributed by atoms with Gasteiger partial charge in [0.2, 0.25) is 5.75 Å². The van der Waals surface area contributed by atoms with Crippen LogP contribution in [0.4, 0.5) is 0 Å². The van der Waals surface area contributed by atoms with Crippen LogP contribution in [0.1, 0.15) is 43.6 Å². The van der Waals surface area contributed by atoms with Crippen molar-refractivity contribution in [3.63, 3.8) is 0 Å². The Labute approximate surface area is 159 Å². The molecule has 1 heterocycles. The molecule has 0 unspecified atom stereocenters. The second-order valence-electron chi connectivity index (χ2n) is 5.47. The molecule has 0 saturated carbocycles. The second kappa shape index (κ2) is 10.2. The molecule has 0 fully saturated rings. The van der Waals surface area contributed by atoms with Crippen LogP contribution in [0.3, 0.4) is 0 Å². The maximum absolute atomic E-state index is 12.6. The Kier molecular flexibility index (Phi) is 7.61. The number of hydrogen-bond donors (Lipinski definition) is 1. The normalized spacial score (nSPS) is 11.0. The molecule has 27 heavy (non-hydrogen) atoms. The van der Waals surface area contributed by atoms with Gasteiger partial charge in [-0.1, -0.05) is 0 Å². The number of aromatic nitrogens is 1. The Balaban J connectivity index is 2.29. The van der Waals surface area contributed by atoms with Crippen molar-refractivity contribution in [1.29, 1.82) is 0 Å². The average Bonchev–Trinajstić information content (AvgIpc) is 2.69. The molecule has 1 aromatic carbocycles. The molecule has 0 aliphatic carbocycles. The first kappa shape index (κ1) is 20.2. The van der Waals surface area contributed by atoms with Crippen molar-refractivity contribution < 1.29 is 19.0 Å². The van der Waals surface area contributed by atoms with Gasteiger partial charge in [-0.15, -0.1) is 0 Å². The van der Waals surface area contributed by atoms with E-state index in [1.54, 1.807) is 24.5 Å². The monoisotopic (exact) mass is 371 g/mol. The molecule has 0 aliphatic heterocycles. The molecule has 0 spiro atoms. The van der Waals surface area contributed by atoms with E-state index in [2.05, 4.69) is 15.5 Å². The van der Waals surface area contributed by atoms with E-state index in [4.69, 9.17) is 14.2 Å². The SMILES string of the molecule is CCOc1cc(C(=O)N/N=C(\C)c2ccncc2)cc(OCC)c1OCC. The molecule has 2 rings (SSSR count). The van der Waals surface area contributed by atoms with E-state index in [1.165, 1.54) is 0 Å². The van der Waals surface area contributed by atoms with Gasteiger partial charge in [0.1, 0.15) is 0 Å². The summed E-state index contributed by atoms with van der Waals surface area (Å²) >= 11 is 0. The van der Waals surface area contributed by atoms with Crippen molar-refractivity contribution in [3.05, 3.63) is 47.8 Å². The van der Waals surface area contributed by atoms with Crippen molar-refractivity contribution in [2.75, 3.05) is 19.8 Å². The van der Waals surface area contributed by atoms with Crippen LogP contribution in [0.25, 0.3) is 0 Å². The van der Waals surface area contributed by atoms with E-state index in [9.17, 15) is 4.79 Å². The Bertz CT molecular complexity index is 764. The van der Waals surface area contributed by atoms with Crippen molar-refractivity contribution in [1.82, 2.24) is 10.4 Å². The minimum absolute atomic E-state index is 0.367. The van der Waals surface area contributed by atoms with Crippen LogP contribution in [-0.2, 0) is 0 Å². The third-order valence-corrected chi connectivity index (χ3v) is 3.59. The molecular weight excluding hydrogens is 346 g/mol. The minimum atomic E-state index is -0.367. The van der Waals surface area contributed by atoms with Gasteiger partial charge in [0.15, 0.2) is 11.5 Å². The average molecular weight is 371 g/mol. The number of hydrazone groups is 1. The smallest absolute Gasteiger partial charge is 0.271 e. The van der Waals surface area contributed by atoms with Gasteiger partial charge in [-0.2, -0.15) is 5.10 Å². The van der Waals surface area contributed by atoms with Crippen LogP contribution in [0.5, 0.6) is 17.2 Å². The lowest BCUT2D eigenvalue weighted by atomic mass is 10.1. The third-order valence-electron chi connectivity index (χ3n) is 3.59. The van der Waals surface area contributed by atoms with E-state index < -0.39 is 0 Å².